The number of ether oxygens (including phenoxy) is 1. The van der Waals surface area contributed by atoms with Gasteiger partial charge < -0.3 is 14.5 Å². The van der Waals surface area contributed by atoms with Crippen molar-refractivity contribution in [2.24, 2.45) is 0 Å². The third kappa shape index (κ3) is 6.00. The number of piperazine rings is 1. The number of nitrogens with zero attached hydrogens (tertiary/aromatic N) is 4. The Balaban J connectivity index is 1.39. The summed E-state index contributed by atoms with van der Waals surface area (Å²) in [6, 6.07) is 13.2. The van der Waals surface area contributed by atoms with E-state index in [0.717, 1.165) is 24.0 Å². The molecule has 0 unspecified atom stereocenters. The number of anilines is 1. The van der Waals surface area contributed by atoms with Crippen molar-refractivity contribution in [3.63, 3.8) is 0 Å². The highest BCUT2D eigenvalue weighted by atomic mass is 35.5. The molecule has 1 amide bonds. The number of thioether (sulfide) groups is 1. The first-order valence-electron chi connectivity index (χ1n) is 13.8. The average molecular weight is 661 g/mol. The number of amides is 1. The van der Waals surface area contributed by atoms with E-state index in [0.29, 0.717) is 33.7 Å². The minimum Gasteiger partial charge on any atom is -0.445 e. The van der Waals surface area contributed by atoms with E-state index in [1.165, 1.54) is 27.3 Å². The van der Waals surface area contributed by atoms with Crippen molar-refractivity contribution in [2.45, 2.75) is 24.1 Å². The molecule has 1 saturated heterocycles. The van der Waals surface area contributed by atoms with E-state index < -0.39 is 39.3 Å². The third-order valence-electron chi connectivity index (χ3n) is 7.63. The number of carbonyl (C=O) groups is 1. The van der Waals surface area contributed by atoms with Gasteiger partial charge in [-0.05, 0) is 23.8 Å². The number of hydrogen-bond acceptors (Lipinski definition) is 8. The largest absolute Gasteiger partial charge is 0.445 e. The van der Waals surface area contributed by atoms with Crippen LogP contribution in [0.4, 0.5) is 19.4 Å². The standard InChI is InChI=1S/C30H27ClF2N4O5S2/c1-44(40,41)17-20-15-35(9-10-36(20)30(39)42-16-18-5-3-2-4-6-18)28-22-14-23(31)25(21-8-7-19(32)13-24(21)33)27-26(22)37(11-12-43-27)29(38)34-28/h2-8,13-14,20H,9-12,15-17H2,1H3/t20-/m1/s1. The number of rotatable bonds is 6. The molecule has 0 bridgehead atoms. The van der Waals surface area contributed by atoms with E-state index in [9.17, 15) is 26.8 Å². The van der Waals surface area contributed by atoms with Crippen LogP contribution in [0.25, 0.3) is 22.0 Å². The summed E-state index contributed by atoms with van der Waals surface area (Å²) in [4.78, 5) is 34.6. The molecule has 0 aliphatic carbocycles. The molecule has 1 atom stereocenters. The second-order valence-electron chi connectivity index (χ2n) is 10.7. The second-order valence-corrected chi connectivity index (χ2v) is 14.4. The van der Waals surface area contributed by atoms with E-state index in [2.05, 4.69) is 4.98 Å². The number of carbonyl (C=O) groups excluding carboxylic acids is 1. The van der Waals surface area contributed by atoms with Crippen molar-refractivity contribution in [3.05, 3.63) is 87.3 Å². The van der Waals surface area contributed by atoms with Crippen LogP contribution in [-0.2, 0) is 27.7 Å². The Morgan fingerprint density at radius 2 is 1.89 bits per heavy atom. The smallest absolute Gasteiger partial charge is 0.410 e. The number of halogens is 3. The highest BCUT2D eigenvalue weighted by Crippen LogP contribution is 2.46. The lowest BCUT2D eigenvalue weighted by molar-refractivity contribution is 0.0800. The topological polar surface area (TPSA) is 102 Å². The fourth-order valence-electron chi connectivity index (χ4n) is 5.72. The van der Waals surface area contributed by atoms with Crippen LogP contribution in [0.5, 0.6) is 0 Å². The van der Waals surface area contributed by atoms with Crippen LogP contribution < -0.4 is 10.6 Å². The molecule has 4 aromatic rings. The summed E-state index contributed by atoms with van der Waals surface area (Å²) < 4.78 is 60.5. The van der Waals surface area contributed by atoms with Crippen LogP contribution in [0.2, 0.25) is 5.02 Å². The van der Waals surface area contributed by atoms with E-state index in [-0.39, 0.29) is 48.4 Å². The predicted octanol–water partition coefficient (Wildman–Crippen LogP) is 4.97. The molecular formula is C30H27ClF2N4O5S2. The Morgan fingerprint density at radius 3 is 2.61 bits per heavy atom. The molecule has 0 radical (unpaired) electrons. The van der Waals surface area contributed by atoms with E-state index in [1.807, 2.05) is 30.3 Å². The number of aromatic nitrogens is 2. The molecule has 2 aliphatic rings. The van der Waals surface area contributed by atoms with E-state index in [4.69, 9.17) is 16.3 Å². The van der Waals surface area contributed by atoms with Crippen molar-refractivity contribution >= 4 is 56.0 Å². The molecule has 1 fully saturated rings. The summed E-state index contributed by atoms with van der Waals surface area (Å²) in [6.07, 6.45) is 0.456. The lowest BCUT2D eigenvalue weighted by Crippen LogP contribution is -2.58. The van der Waals surface area contributed by atoms with Crippen LogP contribution in [0, 0.1) is 11.6 Å². The molecule has 0 spiro atoms. The third-order valence-corrected chi connectivity index (χ3v) is 9.99. The number of aryl methyl sites for hydroxylation is 1. The molecule has 0 saturated carbocycles. The Bertz CT molecular complexity index is 1940. The Labute approximate surface area is 261 Å². The molecule has 14 heteroatoms. The number of benzene rings is 3. The maximum Gasteiger partial charge on any atom is 0.410 e. The van der Waals surface area contributed by atoms with Gasteiger partial charge in [0.25, 0.3) is 0 Å². The first-order valence-corrected chi connectivity index (χ1v) is 17.2. The van der Waals surface area contributed by atoms with Gasteiger partial charge in [-0.25, -0.2) is 26.8 Å². The summed E-state index contributed by atoms with van der Waals surface area (Å²) in [6.45, 7) is 0.819. The van der Waals surface area contributed by atoms with Gasteiger partial charge in [0.1, 0.15) is 33.9 Å². The number of hydrogen-bond donors (Lipinski definition) is 0. The predicted molar refractivity (Wildman–Crippen MR) is 166 cm³/mol. The van der Waals surface area contributed by atoms with E-state index in [1.54, 1.807) is 11.0 Å². The molecule has 3 heterocycles. The zero-order chi connectivity index (χ0) is 31.2. The van der Waals surface area contributed by atoms with E-state index >= 15 is 0 Å². The zero-order valence-corrected chi connectivity index (χ0v) is 25.9. The van der Waals surface area contributed by atoms with Crippen LogP contribution in [0.1, 0.15) is 5.56 Å². The summed E-state index contributed by atoms with van der Waals surface area (Å²) in [5, 5.41) is 0.720. The first-order chi connectivity index (χ1) is 21.0. The van der Waals surface area contributed by atoms with Crippen molar-refractivity contribution in [1.82, 2.24) is 14.5 Å². The fraction of sp³-hybridized carbons (Fsp3) is 0.300. The van der Waals surface area contributed by atoms with Crippen LogP contribution in [-0.4, -0.2) is 72.4 Å². The molecule has 3 aromatic carbocycles. The van der Waals surface area contributed by atoms with Crippen LogP contribution >= 0.6 is 23.4 Å². The summed E-state index contributed by atoms with van der Waals surface area (Å²) in [5.74, 6) is -1.03. The van der Waals surface area contributed by atoms with Crippen LogP contribution in [0.15, 0.2) is 64.3 Å². The maximum absolute atomic E-state index is 14.9. The molecule has 9 nitrogen and oxygen atoms in total. The fourth-order valence-corrected chi connectivity index (χ4v) is 8.26. The second kappa shape index (κ2) is 12.0. The average Bonchev–Trinajstić information content (AvgIpc) is 2.98. The maximum atomic E-state index is 14.9. The number of sulfone groups is 1. The highest BCUT2D eigenvalue weighted by Gasteiger charge is 2.36. The molecule has 44 heavy (non-hydrogen) atoms. The first kappa shape index (κ1) is 30.4. The Kier molecular flexibility index (Phi) is 8.29. The molecule has 6 rings (SSSR count). The van der Waals surface area contributed by atoms with Crippen LogP contribution in [0.3, 0.4) is 0 Å². The molecule has 0 N–H and O–H groups in total. The molecule has 2 aliphatic heterocycles. The Hall–Kier alpha value is -3.68. The summed E-state index contributed by atoms with van der Waals surface area (Å²) in [7, 11) is -3.52. The van der Waals surface area contributed by atoms with Gasteiger partial charge in [-0.15, -0.1) is 11.8 Å². The van der Waals surface area contributed by atoms with Gasteiger partial charge in [0.2, 0.25) is 0 Å². The SMILES string of the molecule is CS(=O)(=O)C[C@H]1CN(c2nc(=O)n3c4c(c(-c5ccc(F)cc5F)c(Cl)cc24)SCC3)CCN1C(=O)OCc1ccccc1. The van der Waals surface area contributed by atoms with Gasteiger partial charge in [0.05, 0.1) is 22.3 Å². The highest BCUT2D eigenvalue weighted by molar-refractivity contribution is 7.99. The van der Waals surface area contributed by atoms with Gasteiger partial charge in [-0.3, -0.25) is 4.57 Å². The van der Waals surface area contributed by atoms with Crippen molar-refractivity contribution < 1.29 is 26.7 Å². The minimum absolute atomic E-state index is 0.0336. The normalized spacial score (nSPS) is 16.8. The zero-order valence-electron chi connectivity index (χ0n) is 23.5. The summed E-state index contributed by atoms with van der Waals surface area (Å²) in [5.41, 5.74) is 1.25. The Morgan fingerprint density at radius 1 is 1.11 bits per heavy atom. The van der Waals surface area contributed by atoms with Gasteiger partial charge in [0, 0.05) is 65.7 Å². The van der Waals surface area contributed by atoms with Gasteiger partial charge >= 0.3 is 11.8 Å². The van der Waals surface area contributed by atoms with Gasteiger partial charge in [-0.1, -0.05) is 41.9 Å². The van der Waals surface area contributed by atoms with Gasteiger partial charge in [0.15, 0.2) is 0 Å². The minimum atomic E-state index is -3.52. The molecule has 1 aromatic heterocycles. The molecule has 230 valence electrons. The lowest BCUT2D eigenvalue weighted by Gasteiger charge is -2.41. The lowest BCUT2D eigenvalue weighted by atomic mass is 10.0. The molecular weight excluding hydrogens is 634 g/mol. The van der Waals surface area contributed by atoms with Crippen molar-refractivity contribution in [3.8, 4) is 11.1 Å². The van der Waals surface area contributed by atoms with Crippen molar-refractivity contribution in [1.29, 1.82) is 0 Å². The quantitative estimate of drug-likeness (QED) is 0.286. The monoisotopic (exact) mass is 660 g/mol. The van der Waals surface area contributed by atoms with Crippen molar-refractivity contribution in [2.75, 3.05) is 42.3 Å². The summed E-state index contributed by atoms with van der Waals surface area (Å²) >= 11 is 8.18. The van der Waals surface area contributed by atoms with Gasteiger partial charge in [-0.2, -0.15) is 4.98 Å².